The Labute approximate surface area is 125 Å². The minimum absolute atomic E-state index is 0.00579. The van der Waals surface area contributed by atoms with E-state index in [9.17, 15) is 4.79 Å². The molecule has 0 aromatic carbocycles. The van der Waals surface area contributed by atoms with E-state index in [2.05, 4.69) is 11.9 Å². The van der Waals surface area contributed by atoms with Crippen molar-refractivity contribution in [3.63, 3.8) is 0 Å². The maximum absolute atomic E-state index is 13.2. The van der Waals surface area contributed by atoms with Gasteiger partial charge in [0.05, 0.1) is 12.0 Å². The van der Waals surface area contributed by atoms with Crippen LogP contribution in [0.15, 0.2) is 4.99 Å². The maximum atomic E-state index is 13.2. The molecule has 5 aliphatic rings. The number of aliphatic imine (C=N–C) groups is 1. The highest BCUT2D eigenvalue weighted by Crippen LogP contribution is 2.60. The molecule has 4 fully saturated rings. The minimum Gasteiger partial charge on any atom is -0.289 e. The van der Waals surface area contributed by atoms with Gasteiger partial charge in [-0.25, -0.2) is 0 Å². The van der Waals surface area contributed by atoms with E-state index in [0.29, 0.717) is 5.91 Å². The smallest absolute Gasteiger partial charge is 0.234 e. The summed E-state index contributed by atoms with van der Waals surface area (Å²) in [7, 11) is 0. The van der Waals surface area contributed by atoms with E-state index >= 15 is 0 Å². The van der Waals surface area contributed by atoms with Crippen molar-refractivity contribution in [2.24, 2.45) is 28.2 Å². The van der Waals surface area contributed by atoms with Crippen LogP contribution in [0.4, 0.5) is 0 Å². The van der Waals surface area contributed by atoms with Gasteiger partial charge in [-0.05, 0) is 62.0 Å². The molecule has 3 nitrogen and oxygen atoms in total. The zero-order valence-corrected chi connectivity index (χ0v) is 13.1. The number of thioether (sulfide) groups is 1. The van der Waals surface area contributed by atoms with Crippen LogP contribution < -0.4 is 0 Å². The van der Waals surface area contributed by atoms with Crippen molar-refractivity contribution in [3.05, 3.63) is 0 Å². The van der Waals surface area contributed by atoms with Crippen molar-refractivity contribution in [1.82, 2.24) is 4.90 Å². The van der Waals surface area contributed by atoms with Crippen molar-refractivity contribution >= 4 is 22.8 Å². The lowest BCUT2D eigenvalue weighted by Crippen LogP contribution is -2.55. The largest absolute Gasteiger partial charge is 0.289 e. The molecular weight excluding hydrogens is 268 g/mol. The van der Waals surface area contributed by atoms with Crippen LogP contribution in [0, 0.1) is 23.2 Å². The number of amidine groups is 1. The highest BCUT2D eigenvalue weighted by atomic mass is 32.2. The number of carbonyl (C=O) groups is 1. The Hall–Kier alpha value is -0.510. The first-order valence-electron chi connectivity index (χ1n) is 8.19. The summed E-state index contributed by atoms with van der Waals surface area (Å²) in [6.45, 7) is 3.77. The average molecular weight is 292 g/mol. The number of rotatable bonds is 2. The number of nitrogens with zero attached hydrogens (tertiary/aromatic N) is 2. The third kappa shape index (κ3) is 1.94. The summed E-state index contributed by atoms with van der Waals surface area (Å²) in [5.41, 5.74) is -0.00579. The van der Waals surface area contributed by atoms with Crippen LogP contribution >= 0.6 is 11.8 Å². The van der Waals surface area contributed by atoms with Gasteiger partial charge in [-0.15, -0.1) is 0 Å². The SMILES string of the molecule is CCSC1=NCCN1C(=O)C12CC3CC(CC(C3)C1)C2. The van der Waals surface area contributed by atoms with Crippen LogP contribution in [0.3, 0.4) is 0 Å². The van der Waals surface area contributed by atoms with Gasteiger partial charge in [-0.3, -0.25) is 14.7 Å². The molecule has 1 aliphatic heterocycles. The molecule has 0 atom stereocenters. The van der Waals surface area contributed by atoms with Crippen LogP contribution in [0.2, 0.25) is 0 Å². The van der Waals surface area contributed by atoms with Crippen LogP contribution in [-0.4, -0.2) is 34.8 Å². The number of carbonyl (C=O) groups excluding carboxylic acids is 1. The van der Waals surface area contributed by atoms with Gasteiger partial charge in [0, 0.05) is 6.54 Å². The molecule has 0 saturated heterocycles. The zero-order chi connectivity index (χ0) is 13.7. The van der Waals surface area contributed by atoms with Crippen molar-refractivity contribution in [2.45, 2.75) is 45.4 Å². The summed E-state index contributed by atoms with van der Waals surface area (Å²) in [4.78, 5) is 19.8. The highest BCUT2D eigenvalue weighted by molar-refractivity contribution is 8.13. The fourth-order valence-corrected chi connectivity index (χ4v) is 6.30. The van der Waals surface area contributed by atoms with E-state index < -0.39 is 0 Å². The lowest BCUT2D eigenvalue weighted by atomic mass is 9.49. The Bertz CT molecular complexity index is 424. The van der Waals surface area contributed by atoms with Gasteiger partial charge in [-0.1, -0.05) is 18.7 Å². The first-order valence-corrected chi connectivity index (χ1v) is 9.18. The third-order valence-corrected chi connectivity index (χ3v) is 6.71. The number of amides is 1. The maximum Gasteiger partial charge on any atom is 0.234 e. The van der Waals surface area contributed by atoms with Gasteiger partial charge in [0.25, 0.3) is 0 Å². The van der Waals surface area contributed by atoms with Gasteiger partial charge >= 0.3 is 0 Å². The van der Waals surface area contributed by atoms with E-state index in [0.717, 1.165) is 41.8 Å². The zero-order valence-electron chi connectivity index (χ0n) is 12.3. The van der Waals surface area contributed by atoms with Crippen LogP contribution in [-0.2, 0) is 4.79 Å². The van der Waals surface area contributed by atoms with Crippen LogP contribution in [0.1, 0.15) is 45.4 Å². The molecule has 110 valence electrons. The molecule has 4 aliphatic carbocycles. The molecule has 20 heavy (non-hydrogen) atoms. The van der Waals surface area contributed by atoms with Crippen molar-refractivity contribution in [2.75, 3.05) is 18.8 Å². The molecule has 1 heterocycles. The van der Waals surface area contributed by atoms with Gasteiger partial charge in [-0.2, -0.15) is 0 Å². The molecule has 0 N–H and O–H groups in total. The Morgan fingerprint density at radius 2 is 1.85 bits per heavy atom. The van der Waals surface area contributed by atoms with Crippen molar-refractivity contribution in [1.29, 1.82) is 0 Å². The van der Waals surface area contributed by atoms with Crippen molar-refractivity contribution < 1.29 is 4.79 Å². The molecule has 4 saturated carbocycles. The predicted octanol–water partition coefficient (Wildman–Crippen LogP) is 3.15. The molecule has 0 aromatic rings. The van der Waals surface area contributed by atoms with Gasteiger partial charge in [0.2, 0.25) is 5.91 Å². The fraction of sp³-hybridized carbons (Fsp3) is 0.875. The fourth-order valence-electron chi connectivity index (χ4n) is 5.53. The summed E-state index contributed by atoms with van der Waals surface area (Å²) >= 11 is 1.73. The molecule has 4 heteroatoms. The normalized spacial score (nSPS) is 42.1. The minimum atomic E-state index is -0.00579. The van der Waals surface area contributed by atoms with Crippen LogP contribution in [0.5, 0.6) is 0 Å². The molecule has 0 aromatic heterocycles. The Morgan fingerprint density at radius 3 is 2.40 bits per heavy atom. The standard InChI is InChI=1S/C16H24N2OS/c1-2-20-15-17-3-4-18(15)14(19)16-8-11-5-12(9-16)7-13(6-11)10-16/h11-13H,2-10H2,1H3. The van der Waals surface area contributed by atoms with E-state index in [4.69, 9.17) is 0 Å². The molecule has 1 amide bonds. The second kappa shape index (κ2) is 4.75. The summed E-state index contributed by atoms with van der Waals surface area (Å²) in [5.74, 6) is 3.95. The Kier molecular flexibility index (Phi) is 3.13. The second-order valence-corrected chi connectivity index (χ2v) is 8.48. The average Bonchev–Trinajstić information content (AvgIpc) is 2.85. The summed E-state index contributed by atoms with van der Waals surface area (Å²) in [6.07, 6.45) is 7.70. The van der Waals surface area contributed by atoms with E-state index in [1.165, 1.54) is 38.5 Å². The topological polar surface area (TPSA) is 32.7 Å². The van der Waals surface area contributed by atoms with Gasteiger partial charge in [0.1, 0.15) is 0 Å². The van der Waals surface area contributed by atoms with E-state index in [1.807, 2.05) is 4.90 Å². The molecule has 4 bridgehead atoms. The summed E-state index contributed by atoms with van der Waals surface area (Å²) in [5, 5.41) is 0.994. The summed E-state index contributed by atoms with van der Waals surface area (Å²) < 4.78 is 0. The second-order valence-electron chi connectivity index (χ2n) is 7.25. The number of hydrogen-bond acceptors (Lipinski definition) is 3. The van der Waals surface area contributed by atoms with Crippen LogP contribution in [0.25, 0.3) is 0 Å². The monoisotopic (exact) mass is 292 g/mol. The Morgan fingerprint density at radius 1 is 1.25 bits per heavy atom. The molecular formula is C16H24N2OS. The Balaban J connectivity index is 1.58. The quantitative estimate of drug-likeness (QED) is 0.783. The van der Waals surface area contributed by atoms with Crippen molar-refractivity contribution in [3.8, 4) is 0 Å². The highest BCUT2D eigenvalue weighted by Gasteiger charge is 2.56. The number of hydrogen-bond donors (Lipinski definition) is 0. The van der Waals surface area contributed by atoms with Gasteiger partial charge < -0.3 is 0 Å². The van der Waals surface area contributed by atoms with Gasteiger partial charge in [0.15, 0.2) is 5.17 Å². The third-order valence-electron chi connectivity index (χ3n) is 5.81. The molecule has 0 spiro atoms. The molecule has 5 rings (SSSR count). The first kappa shape index (κ1) is 13.2. The lowest BCUT2D eigenvalue weighted by Gasteiger charge is -2.56. The first-order chi connectivity index (χ1) is 9.70. The predicted molar refractivity (Wildman–Crippen MR) is 82.8 cm³/mol. The summed E-state index contributed by atoms with van der Waals surface area (Å²) in [6, 6.07) is 0. The lowest BCUT2D eigenvalue weighted by molar-refractivity contribution is -0.152. The molecule has 0 unspecified atom stereocenters. The molecule has 0 radical (unpaired) electrons. The van der Waals surface area contributed by atoms with E-state index in [1.54, 1.807) is 11.8 Å². The van der Waals surface area contributed by atoms with E-state index in [-0.39, 0.29) is 5.41 Å².